The highest BCUT2D eigenvalue weighted by atomic mass is 16.3. The van der Waals surface area contributed by atoms with Crippen LogP contribution in [-0.2, 0) is 4.79 Å². The van der Waals surface area contributed by atoms with Gasteiger partial charge in [0.1, 0.15) is 6.04 Å². The number of anilines is 2. The van der Waals surface area contributed by atoms with Gasteiger partial charge in [-0.2, -0.15) is 0 Å². The van der Waals surface area contributed by atoms with Gasteiger partial charge in [-0.1, -0.05) is 68.8 Å². The first-order valence-electron chi connectivity index (χ1n) is 11.5. The smallest absolute Gasteiger partial charge is 0.291 e. The van der Waals surface area contributed by atoms with Crippen molar-refractivity contribution in [3.05, 3.63) is 96.4 Å². The van der Waals surface area contributed by atoms with Gasteiger partial charge in [0.2, 0.25) is 5.91 Å². The fourth-order valence-electron chi connectivity index (χ4n) is 3.85. The number of para-hydroxylation sites is 1. The Morgan fingerprint density at radius 2 is 1.51 bits per heavy atom. The maximum absolute atomic E-state index is 13.3. The summed E-state index contributed by atoms with van der Waals surface area (Å²) in [5.74, 6) is -1.23. The molecule has 3 amide bonds. The third-order valence-electron chi connectivity index (χ3n) is 5.99. The second-order valence-electron chi connectivity index (χ2n) is 8.33. The molecule has 0 radical (unpaired) electrons. The average Bonchev–Trinajstić information content (AvgIpc) is 3.42. The Labute approximate surface area is 203 Å². The zero-order chi connectivity index (χ0) is 24.8. The summed E-state index contributed by atoms with van der Waals surface area (Å²) in [6, 6.07) is 22.5. The van der Waals surface area contributed by atoms with Crippen LogP contribution in [0, 0.1) is 5.92 Å². The second kappa shape index (κ2) is 10.7. The van der Waals surface area contributed by atoms with Gasteiger partial charge in [0, 0.05) is 11.1 Å². The molecule has 7 heteroatoms. The molecule has 0 saturated heterocycles. The van der Waals surface area contributed by atoms with E-state index in [4.69, 9.17) is 4.42 Å². The third kappa shape index (κ3) is 5.41. The minimum atomic E-state index is -0.778. The molecule has 0 fully saturated rings. The molecular weight excluding hydrogens is 442 g/mol. The van der Waals surface area contributed by atoms with Crippen LogP contribution in [0.5, 0.6) is 0 Å². The van der Waals surface area contributed by atoms with E-state index in [0.29, 0.717) is 17.8 Å². The summed E-state index contributed by atoms with van der Waals surface area (Å²) in [4.78, 5) is 39.0. The van der Waals surface area contributed by atoms with Crippen LogP contribution in [0.4, 0.5) is 11.4 Å². The number of nitrogens with one attached hydrogen (secondary N) is 3. The molecule has 1 heterocycles. The molecule has 0 aliphatic rings. The Hall–Kier alpha value is -4.39. The lowest BCUT2D eigenvalue weighted by atomic mass is 9.97. The number of furan rings is 1. The van der Waals surface area contributed by atoms with Gasteiger partial charge in [0.15, 0.2) is 5.76 Å². The number of amides is 3. The van der Waals surface area contributed by atoms with E-state index < -0.39 is 17.9 Å². The van der Waals surface area contributed by atoms with Crippen molar-refractivity contribution in [1.29, 1.82) is 0 Å². The van der Waals surface area contributed by atoms with Gasteiger partial charge in [-0.05, 0) is 41.6 Å². The van der Waals surface area contributed by atoms with Crippen molar-refractivity contribution < 1.29 is 18.8 Å². The van der Waals surface area contributed by atoms with Gasteiger partial charge in [-0.25, -0.2) is 0 Å². The first kappa shape index (κ1) is 23.8. The van der Waals surface area contributed by atoms with Crippen LogP contribution in [0.3, 0.4) is 0 Å². The quantitative estimate of drug-likeness (QED) is 0.319. The standard InChI is InChI=1S/C28H27N3O4/c1-3-18(2)25(28(34)30-22-15-8-11-19-10-4-5-12-20(19)22)31-26(32)21-13-6-7-14-23(21)29-27(33)24-16-9-17-35-24/h4-18,25H,3H2,1-2H3,(H,29,33)(H,30,34)(H,31,32)/t18-,25-/m0/s1. The van der Waals surface area contributed by atoms with Gasteiger partial charge in [0.05, 0.1) is 17.5 Å². The van der Waals surface area contributed by atoms with E-state index in [-0.39, 0.29) is 23.1 Å². The number of carbonyl (C=O) groups excluding carboxylic acids is 3. The molecule has 0 aliphatic heterocycles. The van der Waals surface area contributed by atoms with Crippen LogP contribution in [0.2, 0.25) is 0 Å². The Morgan fingerprint density at radius 3 is 2.29 bits per heavy atom. The summed E-state index contributed by atoms with van der Waals surface area (Å²) in [7, 11) is 0. The highest BCUT2D eigenvalue weighted by molar-refractivity contribution is 6.10. The lowest BCUT2D eigenvalue weighted by molar-refractivity contribution is -0.119. The molecule has 35 heavy (non-hydrogen) atoms. The normalized spacial score (nSPS) is 12.5. The molecule has 7 nitrogen and oxygen atoms in total. The largest absolute Gasteiger partial charge is 0.459 e. The molecule has 178 valence electrons. The van der Waals surface area contributed by atoms with Crippen LogP contribution >= 0.6 is 0 Å². The number of benzene rings is 3. The van der Waals surface area contributed by atoms with Crippen molar-refractivity contribution in [3.8, 4) is 0 Å². The maximum Gasteiger partial charge on any atom is 0.291 e. The Bertz CT molecular complexity index is 1340. The minimum Gasteiger partial charge on any atom is -0.459 e. The highest BCUT2D eigenvalue weighted by Crippen LogP contribution is 2.24. The number of rotatable bonds is 8. The van der Waals surface area contributed by atoms with Crippen LogP contribution in [-0.4, -0.2) is 23.8 Å². The average molecular weight is 470 g/mol. The molecule has 3 aromatic carbocycles. The summed E-state index contributed by atoms with van der Waals surface area (Å²) >= 11 is 0. The number of hydrogen-bond donors (Lipinski definition) is 3. The fourth-order valence-corrected chi connectivity index (χ4v) is 3.85. The molecular formula is C28H27N3O4. The summed E-state index contributed by atoms with van der Waals surface area (Å²) in [5.41, 5.74) is 1.25. The molecule has 0 spiro atoms. The van der Waals surface area contributed by atoms with Crippen LogP contribution in [0.25, 0.3) is 10.8 Å². The number of hydrogen-bond acceptors (Lipinski definition) is 4. The summed E-state index contributed by atoms with van der Waals surface area (Å²) in [5, 5.41) is 10.5. The Balaban J connectivity index is 1.55. The SMILES string of the molecule is CC[C@H](C)[C@H](NC(=O)c1ccccc1NC(=O)c1ccco1)C(=O)Nc1cccc2ccccc12. The first-order chi connectivity index (χ1) is 17.0. The van der Waals surface area contributed by atoms with E-state index >= 15 is 0 Å². The lowest BCUT2D eigenvalue weighted by Crippen LogP contribution is -2.47. The van der Waals surface area contributed by atoms with Gasteiger partial charge in [-0.15, -0.1) is 0 Å². The molecule has 0 bridgehead atoms. The predicted molar refractivity (Wildman–Crippen MR) is 136 cm³/mol. The Kier molecular flexibility index (Phi) is 7.26. The molecule has 0 aliphatic carbocycles. The third-order valence-corrected chi connectivity index (χ3v) is 5.99. The van der Waals surface area contributed by atoms with Crippen LogP contribution in [0.1, 0.15) is 41.2 Å². The zero-order valence-corrected chi connectivity index (χ0v) is 19.6. The summed E-state index contributed by atoms with van der Waals surface area (Å²) in [6.45, 7) is 3.88. The molecule has 4 aromatic rings. The molecule has 4 rings (SSSR count). The number of carbonyl (C=O) groups is 3. The predicted octanol–water partition coefficient (Wildman–Crippen LogP) is 5.47. The van der Waals surface area contributed by atoms with Crippen molar-refractivity contribution >= 4 is 39.9 Å². The maximum atomic E-state index is 13.3. The van der Waals surface area contributed by atoms with Crippen LogP contribution < -0.4 is 16.0 Å². The van der Waals surface area contributed by atoms with Crippen molar-refractivity contribution in [3.63, 3.8) is 0 Å². The zero-order valence-electron chi connectivity index (χ0n) is 19.6. The molecule has 0 saturated carbocycles. The second-order valence-corrected chi connectivity index (χ2v) is 8.33. The van der Waals surface area contributed by atoms with Gasteiger partial charge >= 0.3 is 0 Å². The monoisotopic (exact) mass is 469 g/mol. The van der Waals surface area contributed by atoms with E-state index in [1.807, 2.05) is 56.3 Å². The minimum absolute atomic E-state index is 0.126. The highest BCUT2D eigenvalue weighted by Gasteiger charge is 2.28. The molecule has 3 N–H and O–H groups in total. The lowest BCUT2D eigenvalue weighted by Gasteiger charge is -2.24. The van der Waals surface area contributed by atoms with E-state index in [9.17, 15) is 14.4 Å². The van der Waals surface area contributed by atoms with Crippen molar-refractivity contribution in [2.45, 2.75) is 26.3 Å². The van der Waals surface area contributed by atoms with Crippen LogP contribution in [0.15, 0.2) is 89.5 Å². The van der Waals surface area contributed by atoms with E-state index in [2.05, 4.69) is 16.0 Å². The van der Waals surface area contributed by atoms with Gasteiger partial charge in [0.25, 0.3) is 11.8 Å². The number of fused-ring (bicyclic) bond motifs is 1. The van der Waals surface area contributed by atoms with Crippen molar-refractivity contribution in [2.75, 3.05) is 10.6 Å². The molecule has 1 aromatic heterocycles. The van der Waals surface area contributed by atoms with Gasteiger partial charge < -0.3 is 20.4 Å². The van der Waals surface area contributed by atoms with Crippen molar-refractivity contribution in [1.82, 2.24) is 5.32 Å². The summed E-state index contributed by atoms with van der Waals surface area (Å²) in [6.07, 6.45) is 2.09. The molecule has 2 atom stereocenters. The topological polar surface area (TPSA) is 100 Å². The molecule has 0 unspecified atom stereocenters. The van der Waals surface area contributed by atoms with E-state index in [0.717, 1.165) is 10.8 Å². The fraction of sp³-hybridized carbons (Fsp3) is 0.179. The van der Waals surface area contributed by atoms with E-state index in [1.54, 1.807) is 30.3 Å². The Morgan fingerprint density at radius 1 is 0.800 bits per heavy atom. The van der Waals surface area contributed by atoms with E-state index in [1.165, 1.54) is 12.3 Å². The van der Waals surface area contributed by atoms with Gasteiger partial charge in [-0.3, -0.25) is 14.4 Å². The summed E-state index contributed by atoms with van der Waals surface area (Å²) < 4.78 is 5.13. The van der Waals surface area contributed by atoms with Crippen molar-refractivity contribution in [2.24, 2.45) is 5.92 Å². The first-order valence-corrected chi connectivity index (χ1v) is 11.5.